The predicted octanol–water partition coefficient (Wildman–Crippen LogP) is 2.32. The fourth-order valence-electron chi connectivity index (χ4n) is 6.08. The SMILES string of the molecule is NC(=O)N1C(=O)[C@H]2[C@H](CC=C3[C@H]2C[C@@]2(Cl)C(=O)N(CBr)C(=O)[C@@]2(Cl)[C@H]3c2cccc(F)c2O)C1=O. The maximum absolute atomic E-state index is 14.4. The van der Waals surface area contributed by atoms with Crippen molar-refractivity contribution < 1.29 is 33.5 Å². The Morgan fingerprint density at radius 2 is 1.86 bits per heavy atom. The lowest BCUT2D eigenvalue weighted by Crippen LogP contribution is -2.60. The Morgan fingerprint density at radius 1 is 1.17 bits per heavy atom. The second-order valence-corrected chi connectivity index (χ2v) is 10.8. The summed E-state index contributed by atoms with van der Waals surface area (Å²) in [4.78, 5) is 61.6. The quantitative estimate of drug-likeness (QED) is 0.235. The Morgan fingerprint density at radius 3 is 2.49 bits per heavy atom. The molecule has 6 atom stereocenters. The van der Waals surface area contributed by atoms with E-state index in [1.807, 2.05) is 0 Å². The zero-order chi connectivity index (χ0) is 25.6. The smallest absolute Gasteiger partial charge is 0.328 e. The van der Waals surface area contributed by atoms with E-state index in [2.05, 4.69) is 15.9 Å². The molecule has 2 aliphatic carbocycles. The number of likely N-dealkylation sites (tertiary alicyclic amines) is 2. The fourth-order valence-corrected chi connectivity index (χ4v) is 7.50. The van der Waals surface area contributed by atoms with Gasteiger partial charge in [0.05, 0.1) is 17.3 Å². The first-order valence-electron chi connectivity index (χ1n) is 10.6. The molecule has 9 nitrogen and oxygen atoms in total. The first-order chi connectivity index (χ1) is 16.4. The van der Waals surface area contributed by atoms with Crippen LogP contribution in [0.1, 0.15) is 24.3 Å². The number of alkyl halides is 3. The number of nitrogens with two attached hydrogens (primary N) is 1. The van der Waals surface area contributed by atoms with Gasteiger partial charge >= 0.3 is 6.03 Å². The topological polar surface area (TPSA) is 138 Å². The summed E-state index contributed by atoms with van der Waals surface area (Å²) in [7, 11) is 0. The molecule has 0 bridgehead atoms. The third-order valence-electron chi connectivity index (χ3n) is 7.56. The van der Waals surface area contributed by atoms with Crippen molar-refractivity contribution in [3.63, 3.8) is 0 Å². The zero-order valence-electron chi connectivity index (χ0n) is 17.7. The summed E-state index contributed by atoms with van der Waals surface area (Å²) >= 11 is 17.0. The van der Waals surface area contributed by atoms with Crippen LogP contribution in [-0.4, -0.2) is 59.8 Å². The minimum absolute atomic E-state index is 0.00395. The van der Waals surface area contributed by atoms with Crippen molar-refractivity contribution in [1.82, 2.24) is 9.80 Å². The van der Waals surface area contributed by atoms with Gasteiger partial charge in [-0.25, -0.2) is 9.18 Å². The molecule has 184 valence electrons. The number of carbonyl (C=O) groups excluding carboxylic acids is 5. The van der Waals surface area contributed by atoms with E-state index in [-0.39, 0.29) is 23.9 Å². The van der Waals surface area contributed by atoms with Gasteiger partial charge in [0.2, 0.25) is 11.8 Å². The lowest BCUT2D eigenvalue weighted by molar-refractivity contribution is -0.139. The molecule has 2 heterocycles. The molecule has 13 heteroatoms. The van der Waals surface area contributed by atoms with Gasteiger partial charge in [-0.15, -0.1) is 23.2 Å². The van der Waals surface area contributed by atoms with Crippen LogP contribution in [0.2, 0.25) is 0 Å². The van der Waals surface area contributed by atoms with E-state index in [1.54, 1.807) is 6.08 Å². The van der Waals surface area contributed by atoms with Crippen molar-refractivity contribution in [2.75, 3.05) is 5.45 Å². The number of phenolic OH excluding ortho intramolecular Hbond substituents is 1. The van der Waals surface area contributed by atoms with Crippen LogP contribution in [0.25, 0.3) is 0 Å². The Labute approximate surface area is 216 Å². The van der Waals surface area contributed by atoms with Gasteiger partial charge < -0.3 is 10.8 Å². The van der Waals surface area contributed by atoms with Gasteiger partial charge in [-0.05, 0) is 24.8 Å². The Bertz CT molecular complexity index is 1280. The number of carbonyl (C=O) groups is 5. The summed E-state index contributed by atoms with van der Waals surface area (Å²) in [5.41, 5.74) is 5.29. The molecule has 35 heavy (non-hydrogen) atoms. The summed E-state index contributed by atoms with van der Waals surface area (Å²) in [5, 5.41) is 10.6. The Hall–Kier alpha value is -2.50. The molecule has 0 aromatic heterocycles. The summed E-state index contributed by atoms with van der Waals surface area (Å²) in [6.07, 6.45) is 1.28. The highest BCUT2D eigenvalue weighted by molar-refractivity contribution is 9.09. The van der Waals surface area contributed by atoms with Crippen LogP contribution in [0.4, 0.5) is 9.18 Å². The lowest BCUT2D eigenvalue weighted by Gasteiger charge is -2.50. The molecule has 0 radical (unpaired) electrons. The first-order valence-corrected chi connectivity index (χ1v) is 12.4. The maximum atomic E-state index is 14.4. The van der Waals surface area contributed by atoms with Gasteiger partial charge in [-0.3, -0.25) is 24.1 Å². The van der Waals surface area contributed by atoms with E-state index in [0.717, 1.165) is 11.0 Å². The zero-order valence-corrected chi connectivity index (χ0v) is 20.8. The van der Waals surface area contributed by atoms with Crippen molar-refractivity contribution >= 4 is 68.8 Å². The molecule has 1 aromatic carbocycles. The van der Waals surface area contributed by atoms with E-state index in [9.17, 15) is 33.5 Å². The van der Waals surface area contributed by atoms with Gasteiger partial charge in [-0.1, -0.05) is 39.7 Å². The van der Waals surface area contributed by atoms with Crippen LogP contribution < -0.4 is 5.73 Å². The maximum Gasteiger partial charge on any atom is 0.328 e. The van der Waals surface area contributed by atoms with E-state index in [4.69, 9.17) is 28.9 Å². The van der Waals surface area contributed by atoms with Crippen LogP contribution in [0.3, 0.4) is 0 Å². The standard InChI is InChI=1S/C22H17BrCl2FN3O6/c23-7-28-18(33)21(24)6-11-8(4-5-9-13(11)17(32)29(16(9)31)20(27)35)14(22(21,25)19(28)34)10-2-1-3-12(26)15(10)30/h1-4,9,11,13-14,30H,5-7H2,(H2,27,35)/t9-,11+,13-,14+,21+,22-/m0/s1. The van der Waals surface area contributed by atoms with Gasteiger partial charge in [-0.2, -0.15) is 4.90 Å². The average Bonchev–Trinajstić information content (AvgIpc) is 3.14. The van der Waals surface area contributed by atoms with Crippen molar-refractivity contribution in [3.05, 3.63) is 41.2 Å². The molecule has 3 fully saturated rings. The average molecular weight is 589 g/mol. The number of primary amides is 1. The number of rotatable bonds is 2. The molecule has 5 rings (SSSR count). The van der Waals surface area contributed by atoms with Crippen molar-refractivity contribution in [3.8, 4) is 5.75 Å². The van der Waals surface area contributed by atoms with Gasteiger partial charge in [0.25, 0.3) is 11.8 Å². The Kier molecular flexibility index (Phi) is 5.36. The normalized spacial score (nSPS) is 36.2. The van der Waals surface area contributed by atoms with Crippen LogP contribution in [0, 0.1) is 23.6 Å². The molecule has 1 aromatic rings. The second-order valence-electron chi connectivity index (χ2n) is 9.01. The van der Waals surface area contributed by atoms with Crippen molar-refractivity contribution in [1.29, 1.82) is 0 Å². The number of fused-ring (bicyclic) bond motifs is 4. The molecule has 2 aliphatic heterocycles. The van der Waals surface area contributed by atoms with Crippen molar-refractivity contribution in [2.45, 2.75) is 28.5 Å². The number of hydrogen-bond acceptors (Lipinski definition) is 6. The van der Waals surface area contributed by atoms with Crippen LogP contribution in [-0.2, 0) is 19.2 Å². The number of para-hydroxylation sites is 1. The van der Waals surface area contributed by atoms with Gasteiger partial charge in [0.15, 0.2) is 21.3 Å². The highest BCUT2D eigenvalue weighted by Gasteiger charge is 2.76. The number of aromatic hydroxyl groups is 1. The van der Waals surface area contributed by atoms with Gasteiger partial charge in [0, 0.05) is 11.5 Å². The molecular weight excluding hydrogens is 572 g/mol. The summed E-state index contributed by atoms with van der Waals surface area (Å²) in [6.45, 7) is 0. The molecule has 3 N–H and O–H groups in total. The molecule has 1 saturated carbocycles. The van der Waals surface area contributed by atoms with E-state index in [1.165, 1.54) is 12.1 Å². The molecular formula is C22H17BrCl2FN3O6. The number of imide groups is 4. The highest BCUT2D eigenvalue weighted by atomic mass is 79.9. The van der Waals surface area contributed by atoms with E-state index in [0.29, 0.717) is 10.5 Å². The summed E-state index contributed by atoms with van der Waals surface area (Å²) in [6, 6.07) is 2.44. The molecule has 6 amide bonds. The lowest BCUT2D eigenvalue weighted by atomic mass is 9.56. The molecule has 2 saturated heterocycles. The third-order valence-corrected chi connectivity index (χ3v) is 9.48. The number of benzene rings is 1. The monoisotopic (exact) mass is 587 g/mol. The minimum Gasteiger partial charge on any atom is -0.505 e. The number of halogens is 4. The highest BCUT2D eigenvalue weighted by Crippen LogP contribution is 2.66. The minimum atomic E-state index is -2.17. The van der Waals surface area contributed by atoms with Gasteiger partial charge in [0.1, 0.15) is 0 Å². The van der Waals surface area contributed by atoms with Crippen LogP contribution >= 0.6 is 39.1 Å². The van der Waals surface area contributed by atoms with Crippen LogP contribution in [0.5, 0.6) is 5.75 Å². The number of hydrogen-bond donors (Lipinski definition) is 2. The number of amides is 6. The number of nitrogens with zero attached hydrogens (tertiary/aromatic N) is 2. The third kappa shape index (κ3) is 2.83. The Balaban J connectivity index is 1.76. The largest absolute Gasteiger partial charge is 0.505 e. The summed E-state index contributed by atoms with van der Waals surface area (Å²) in [5.74, 6) is -9.34. The number of allylic oxidation sites excluding steroid dienone is 2. The number of urea groups is 1. The first kappa shape index (κ1) is 24.2. The molecule has 4 aliphatic rings. The van der Waals surface area contributed by atoms with Crippen LogP contribution in [0.15, 0.2) is 29.8 Å². The van der Waals surface area contributed by atoms with E-state index >= 15 is 0 Å². The number of phenols is 1. The summed E-state index contributed by atoms with van der Waals surface area (Å²) < 4.78 is 14.4. The molecule has 0 spiro atoms. The predicted molar refractivity (Wildman–Crippen MR) is 123 cm³/mol. The fraction of sp³-hybridized carbons (Fsp3) is 0.409. The molecule has 0 unspecified atom stereocenters. The van der Waals surface area contributed by atoms with E-state index < -0.39 is 74.6 Å². The van der Waals surface area contributed by atoms with Crippen molar-refractivity contribution in [2.24, 2.45) is 23.5 Å². The second kappa shape index (κ2) is 7.75.